The van der Waals surface area contributed by atoms with Crippen molar-refractivity contribution >= 4 is 22.7 Å². The van der Waals surface area contributed by atoms with Gasteiger partial charge < -0.3 is 19.5 Å². The van der Waals surface area contributed by atoms with Crippen LogP contribution in [0.3, 0.4) is 0 Å². The van der Waals surface area contributed by atoms with Gasteiger partial charge in [-0.2, -0.15) is 5.10 Å². The van der Waals surface area contributed by atoms with Crippen molar-refractivity contribution in [1.82, 2.24) is 25.0 Å². The van der Waals surface area contributed by atoms with E-state index in [1.54, 1.807) is 30.0 Å². The van der Waals surface area contributed by atoms with Gasteiger partial charge in [0.05, 0.1) is 18.7 Å². The third-order valence-corrected chi connectivity index (χ3v) is 6.84. The molecule has 0 bridgehead atoms. The fourth-order valence-electron chi connectivity index (χ4n) is 4.66. The number of methoxy groups -OCH3 is 1. The number of carbonyl (C=O) groups excluding carboxylic acids is 2. The number of aromatic amines is 2. The molecule has 3 aromatic rings. The summed E-state index contributed by atoms with van der Waals surface area (Å²) in [5, 5.41) is 7.55. The average molecular weight is 457 g/mol. The maximum absolute atomic E-state index is 13.4. The number of halogens is 2. The molecule has 1 aliphatic heterocycles. The number of rotatable bonds is 6. The molecule has 8 nitrogen and oxygen atoms in total. The maximum atomic E-state index is 13.4. The molecule has 2 aromatic heterocycles. The Hall–Kier alpha value is -3.27. The number of benzene rings is 1. The van der Waals surface area contributed by atoms with Gasteiger partial charge in [-0.1, -0.05) is 12.1 Å². The molecule has 0 atom stereocenters. The predicted octanol–water partition coefficient (Wildman–Crippen LogP) is 3.28. The van der Waals surface area contributed by atoms with E-state index in [4.69, 9.17) is 4.74 Å². The first-order valence-electron chi connectivity index (χ1n) is 10.9. The van der Waals surface area contributed by atoms with Crippen LogP contribution in [0.5, 0.6) is 0 Å². The van der Waals surface area contributed by atoms with Crippen LogP contribution in [-0.2, 0) is 17.7 Å². The molecular weight excluding hydrogens is 432 g/mol. The number of hydrogen-bond donors (Lipinski definition) is 2. The van der Waals surface area contributed by atoms with Crippen LogP contribution in [0.15, 0.2) is 24.3 Å². The van der Waals surface area contributed by atoms with Crippen molar-refractivity contribution in [3.05, 3.63) is 52.5 Å². The zero-order valence-corrected chi connectivity index (χ0v) is 18.5. The maximum Gasteiger partial charge on any atom is 0.274 e. The second kappa shape index (κ2) is 7.95. The third-order valence-electron chi connectivity index (χ3n) is 6.84. The van der Waals surface area contributed by atoms with Crippen LogP contribution in [0.25, 0.3) is 10.9 Å². The Morgan fingerprint density at radius 2 is 2.12 bits per heavy atom. The SMILES string of the molecule is COCC1(N(C)C(=O)c2n[nH]c3c2CN(C(=O)c2cc4c(C(F)F)cccc4[nH]2)CC3)CC1. The average Bonchev–Trinajstić information content (AvgIpc) is 3.28. The Morgan fingerprint density at radius 1 is 1.33 bits per heavy atom. The number of aromatic nitrogens is 3. The van der Waals surface area contributed by atoms with Crippen LogP contribution < -0.4 is 0 Å². The lowest BCUT2D eigenvalue weighted by molar-refractivity contribution is 0.0541. The summed E-state index contributed by atoms with van der Waals surface area (Å²) in [5.74, 6) is -0.508. The van der Waals surface area contributed by atoms with E-state index in [0.717, 1.165) is 18.5 Å². The monoisotopic (exact) mass is 457 g/mol. The fraction of sp³-hybridized carbons (Fsp3) is 0.435. The lowest BCUT2D eigenvalue weighted by atomic mass is 10.0. The lowest BCUT2D eigenvalue weighted by Crippen LogP contribution is -2.43. The largest absolute Gasteiger partial charge is 0.382 e. The zero-order chi connectivity index (χ0) is 23.3. The number of alkyl halides is 2. The number of likely N-dealkylation sites (N-methyl/N-ethyl adjacent to an activating group) is 1. The van der Waals surface area contributed by atoms with Gasteiger partial charge in [-0.05, 0) is 25.0 Å². The molecule has 0 saturated heterocycles. The molecule has 5 rings (SSSR count). The number of nitrogens with zero attached hydrogens (tertiary/aromatic N) is 3. The first kappa shape index (κ1) is 21.6. The second-order valence-corrected chi connectivity index (χ2v) is 8.82. The minimum absolute atomic E-state index is 0.112. The number of fused-ring (bicyclic) bond motifs is 2. The number of nitrogens with one attached hydrogen (secondary N) is 2. The summed E-state index contributed by atoms with van der Waals surface area (Å²) in [5.41, 5.74) is 2.17. The van der Waals surface area contributed by atoms with E-state index in [0.29, 0.717) is 41.7 Å². The molecule has 0 radical (unpaired) electrons. The summed E-state index contributed by atoms with van der Waals surface area (Å²) < 4.78 is 32.0. The Balaban J connectivity index is 1.39. The van der Waals surface area contributed by atoms with Crippen LogP contribution >= 0.6 is 0 Å². The van der Waals surface area contributed by atoms with E-state index in [-0.39, 0.29) is 35.2 Å². The standard InChI is InChI=1S/C23H25F2N5O3/c1-29(23(7-8-23)12-33-2)22(32)19-15-11-30(9-6-17(15)27-28-19)21(31)18-10-14-13(20(24)25)4-3-5-16(14)26-18/h3-5,10,20,26H,6-9,11-12H2,1-2H3,(H,27,28). The third kappa shape index (κ3) is 3.58. The quantitative estimate of drug-likeness (QED) is 0.594. The summed E-state index contributed by atoms with van der Waals surface area (Å²) in [6, 6.07) is 6.05. The first-order chi connectivity index (χ1) is 15.8. The fourth-order valence-corrected chi connectivity index (χ4v) is 4.66. The first-order valence-corrected chi connectivity index (χ1v) is 10.9. The molecule has 0 spiro atoms. The topological polar surface area (TPSA) is 94.3 Å². The number of carbonyl (C=O) groups is 2. The molecule has 3 heterocycles. The van der Waals surface area contributed by atoms with Gasteiger partial charge in [0.1, 0.15) is 5.69 Å². The van der Waals surface area contributed by atoms with E-state index in [1.165, 1.54) is 18.2 Å². The van der Waals surface area contributed by atoms with Crippen molar-refractivity contribution in [3.8, 4) is 0 Å². The van der Waals surface area contributed by atoms with Crippen molar-refractivity contribution in [1.29, 1.82) is 0 Å². The summed E-state index contributed by atoms with van der Waals surface area (Å²) >= 11 is 0. The molecular formula is C23H25F2N5O3. The molecule has 1 aromatic carbocycles. The Morgan fingerprint density at radius 3 is 2.82 bits per heavy atom. The molecule has 33 heavy (non-hydrogen) atoms. The summed E-state index contributed by atoms with van der Waals surface area (Å²) in [4.78, 5) is 32.7. The predicted molar refractivity (Wildman–Crippen MR) is 116 cm³/mol. The van der Waals surface area contributed by atoms with E-state index in [2.05, 4.69) is 15.2 Å². The highest BCUT2D eigenvalue weighted by molar-refractivity contribution is 5.99. The number of hydrogen-bond acceptors (Lipinski definition) is 4. The normalized spacial score (nSPS) is 16.8. The van der Waals surface area contributed by atoms with Gasteiger partial charge in [-0.15, -0.1) is 0 Å². The van der Waals surface area contributed by atoms with E-state index in [9.17, 15) is 18.4 Å². The molecule has 1 fully saturated rings. The highest BCUT2D eigenvalue weighted by Gasteiger charge is 2.49. The highest BCUT2D eigenvalue weighted by Crippen LogP contribution is 2.42. The summed E-state index contributed by atoms with van der Waals surface area (Å²) in [7, 11) is 3.37. The van der Waals surface area contributed by atoms with Gasteiger partial charge in [-0.3, -0.25) is 14.7 Å². The van der Waals surface area contributed by atoms with Crippen LogP contribution in [0.4, 0.5) is 8.78 Å². The van der Waals surface area contributed by atoms with Crippen molar-refractivity contribution in [2.24, 2.45) is 0 Å². The van der Waals surface area contributed by atoms with Crippen molar-refractivity contribution in [2.45, 2.75) is 37.8 Å². The summed E-state index contributed by atoms with van der Waals surface area (Å²) in [6.45, 7) is 1.11. The van der Waals surface area contributed by atoms with Gasteiger partial charge in [0.25, 0.3) is 18.2 Å². The number of H-pyrrole nitrogens is 2. The zero-order valence-electron chi connectivity index (χ0n) is 18.5. The number of amides is 2. The highest BCUT2D eigenvalue weighted by atomic mass is 19.3. The van der Waals surface area contributed by atoms with E-state index < -0.39 is 6.43 Å². The van der Waals surface area contributed by atoms with Gasteiger partial charge in [-0.25, -0.2) is 8.78 Å². The summed E-state index contributed by atoms with van der Waals surface area (Å²) in [6.07, 6.45) is -0.353. The lowest BCUT2D eigenvalue weighted by Gasteiger charge is -2.29. The second-order valence-electron chi connectivity index (χ2n) is 8.82. The smallest absolute Gasteiger partial charge is 0.274 e. The number of ether oxygens (including phenoxy) is 1. The molecule has 2 aliphatic rings. The molecule has 2 amide bonds. The Kier molecular flexibility index (Phi) is 5.19. The van der Waals surface area contributed by atoms with Crippen molar-refractivity contribution in [2.75, 3.05) is 27.3 Å². The van der Waals surface area contributed by atoms with Crippen LogP contribution in [0, 0.1) is 0 Å². The van der Waals surface area contributed by atoms with Crippen LogP contribution in [0.2, 0.25) is 0 Å². The van der Waals surface area contributed by atoms with Gasteiger partial charge >= 0.3 is 0 Å². The van der Waals surface area contributed by atoms with Gasteiger partial charge in [0, 0.05) is 54.8 Å². The molecule has 10 heteroatoms. The Bertz CT molecular complexity index is 1230. The molecule has 0 unspecified atom stereocenters. The molecule has 174 valence electrons. The molecule has 1 saturated carbocycles. The molecule has 1 aliphatic carbocycles. The van der Waals surface area contributed by atoms with Gasteiger partial charge in [0.2, 0.25) is 0 Å². The van der Waals surface area contributed by atoms with E-state index in [1.807, 2.05) is 0 Å². The minimum Gasteiger partial charge on any atom is -0.382 e. The van der Waals surface area contributed by atoms with E-state index >= 15 is 0 Å². The Labute approximate surface area is 188 Å². The van der Waals surface area contributed by atoms with Crippen LogP contribution in [-0.4, -0.2) is 69.6 Å². The van der Waals surface area contributed by atoms with Gasteiger partial charge in [0.15, 0.2) is 5.69 Å². The van der Waals surface area contributed by atoms with Crippen molar-refractivity contribution < 1.29 is 23.1 Å². The van der Waals surface area contributed by atoms with Crippen LogP contribution in [0.1, 0.15) is 57.1 Å². The molecule has 2 N–H and O–H groups in total. The van der Waals surface area contributed by atoms with Crippen molar-refractivity contribution in [3.63, 3.8) is 0 Å². The minimum atomic E-state index is -2.63.